The van der Waals surface area contributed by atoms with Gasteiger partial charge >= 0.3 is 6.18 Å². The molecule has 1 aromatic rings. The second-order valence-electron chi connectivity index (χ2n) is 4.30. The summed E-state index contributed by atoms with van der Waals surface area (Å²) in [6, 6.07) is 3.74. The predicted octanol–water partition coefficient (Wildman–Crippen LogP) is 4.20. The second-order valence-corrected chi connectivity index (χ2v) is 5.21. The highest BCUT2D eigenvalue weighted by atomic mass is 79.9. The highest BCUT2D eigenvalue weighted by Gasteiger charge is 2.36. The summed E-state index contributed by atoms with van der Waals surface area (Å²) in [5, 5.41) is 10.1. The summed E-state index contributed by atoms with van der Waals surface area (Å²) in [6.45, 7) is 0.530. The fourth-order valence-electron chi connectivity index (χ4n) is 2.00. The van der Waals surface area contributed by atoms with Crippen molar-refractivity contribution in [1.82, 2.24) is 0 Å². The van der Waals surface area contributed by atoms with E-state index in [0.29, 0.717) is 29.5 Å². The average molecular weight is 337 g/mol. The first-order valence-corrected chi connectivity index (χ1v) is 6.54. The summed E-state index contributed by atoms with van der Waals surface area (Å²) in [5.41, 5.74) is -0.507. The van der Waals surface area contributed by atoms with Crippen LogP contribution < -0.4 is 0 Å². The number of aliphatic hydroxyl groups is 1. The summed E-state index contributed by atoms with van der Waals surface area (Å²) in [7, 11) is 0. The molecule has 2 rings (SSSR count). The van der Waals surface area contributed by atoms with Crippen LogP contribution in [0.25, 0.3) is 0 Å². The molecule has 0 spiro atoms. The smallest absolute Gasteiger partial charge is 0.416 e. The van der Waals surface area contributed by atoms with E-state index in [2.05, 4.69) is 15.9 Å². The summed E-state index contributed by atoms with van der Waals surface area (Å²) >= 11 is 3.01. The van der Waals surface area contributed by atoms with E-state index in [0.717, 1.165) is 6.07 Å². The minimum absolute atomic E-state index is 0.146. The number of hydrogen-bond donors (Lipinski definition) is 1. The van der Waals surface area contributed by atoms with Crippen molar-refractivity contribution in [3.8, 4) is 0 Å². The number of ether oxygens (including phenoxy) is 1. The Balaban J connectivity index is 2.41. The van der Waals surface area contributed by atoms with Crippen molar-refractivity contribution in [2.75, 3.05) is 6.61 Å². The Morgan fingerprint density at radius 1 is 1.32 bits per heavy atom. The van der Waals surface area contributed by atoms with Gasteiger partial charge < -0.3 is 9.84 Å². The van der Waals surface area contributed by atoms with Crippen LogP contribution >= 0.6 is 15.9 Å². The van der Waals surface area contributed by atoms with Gasteiger partial charge in [-0.1, -0.05) is 22.0 Å². The van der Waals surface area contributed by atoms with Gasteiger partial charge in [-0.05, 0) is 36.1 Å². The van der Waals surface area contributed by atoms with Crippen LogP contribution in [-0.4, -0.2) is 11.7 Å². The SMILES string of the molecule is OC(C1=COCCC1)c1ccc(Br)cc1C(F)(F)F. The zero-order chi connectivity index (χ0) is 14.0. The molecule has 0 aliphatic carbocycles. The van der Waals surface area contributed by atoms with Gasteiger partial charge in [-0.15, -0.1) is 0 Å². The predicted molar refractivity (Wildman–Crippen MR) is 67.4 cm³/mol. The van der Waals surface area contributed by atoms with Crippen LogP contribution in [0.2, 0.25) is 0 Å². The molecular weight excluding hydrogens is 325 g/mol. The van der Waals surface area contributed by atoms with E-state index in [1.54, 1.807) is 0 Å². The van der Waals surface area contributed by atoms with Gasteiger partial charge in [-0.25, -0.2) is 0 Å². The number of aliphatic hydroxyl groups excluding tert-OH is 1. The first-order valence-electron chi connectivity index (χ1n) is 5.75. The fourth-order valence-corrected chi connectivity index (χ4v) is 2.36. The number of rotatable bonds is 2. The number of alkyl halides is 3. The molecule has 104 valence electrons. The third-order valence-electron chi connectivity index (χ3n) is 2.93. The number of benzene rings is 1. The maximum Gasteiger partial charge on any atom is 0.416 e. The monoisotopic (exact) mass is 336 g/mol. The Morgan fingerprint density at radius 2 is 2.05 bits per heavy atom. The summed E-state index contributed by atoms with van der Waals surface area (Å²) < 4.78 is 44.3. The maximum atomic E-state index is 13.0. The van der Waals surface area contributed by atoms with Gasteiger partial charge in [-0.3, -0.25) is 0 Å². The van der Waals surface area contributed by atoms with E-state index >= 15 is 0 Å². The van der Waals surface area contributed by atoms with Crippen LogP contribution in [0.4, 0.5) is 13.2 Å². The molecule has 0 saturated carbocycles. The van der Waals surface area contributed by atoms with E-state index in [4.69, 9.17) is 4.74 Å². The Labute approximate surface area is 117 Å². The summed E-state index contributed by atoms with van der Waals surface area (Å²) in [6.07, 6.45) is -3.20. The molecule has 19 heavy (non-hydrogen) atoms. The summed E-state index contributed by atoms with van der Waals surface area (Å²) in [5.74, 6) is 0. The molecule has 0 amide bonds. The lowest BCUT2D eigenvalue weighted by atomic mass is 9.94. The molecule has 0 fully saturated rings. The largest absolute Gasteiger partial charge is 0.501 e. The maximum absolute atomic E-state index is 13.0. The first-order chi connectivity index (χ1) is 8.89. The fraction of sp³-hybridized carbons (Fsp3) is 0.385. The zero-order valence-electron chi connectivity index (χ0n) is 9.88. The normalized spacial score (nSPS) is 17.6. The van der Waals surface area contributed by atoms with Crippen LogP contribution in [-0.2, 0) is 10.9 Å². The molecule has 0 aromatic heterocycles. The number of halogens is 4. The molecule has 1 N–H and O–H groups in total. The molecular formula is C13H12BrF3O2. The van der Waals surface area contributed by atoms with E-state index in [1.165, 1.54) is 18.4 Å². The molecule has 1 aliphatic rings. The molecule has 1 atom stereocenters. The Hall–Kier alpha value is -1.01. The molecule has 0 radical (unpaired) electrons. The Bertz CT molecular complexity index is 497. The van der Waals surface area contributed by atoms with Crippen molar-refractivity contribution >= 4 is 15.9 Å². The van der Waals surface area contributed by atoms with Crippen LogP contribution in [0.15, 0.2) is 34.5 Å². The highest BCUT2D eigenvalue weighted by molar-refractivity contribution is 9.10. The van der Waals surface area contributed by atoms with Gasteiger partial charge in [0.1, 0.15) is 6.10 Å². The molecule has 1 heterocycles. The number of hydrogen-bond acceptors (Lipinski definition) is 2. The van der Waals surface area contributed by atoms with E-state index in [1.807, 2.05) is 0 Å². The lowest BCUT2D eigenvalue weighted by Crippen LogP contribution is -2.15. The third kappa shape index (κ3) is 3.30. The van der Waals surface area contributed by atoms with Crippen LogP contribution in [0, 0.1) is 0 Å². The van der Waals surface area contributed by atoms with E-state index < -0.39 is 17.8 Å². The molecule has 1 aromatic carbocycles. The van der Waals surface area contributed by atoms with Gasteiger partial charge in [0.05, 0.1) is 18.4 Å². The Morgan fingerprint density at radius 3 is 2.63 bits per heavy atom. The average Bonchev–Trinajstić information content (AvgIpc) is 2.38. The molecule has 0 saturated heterocycles. The quantitative estimate of drug-likeness (QED) is 0.877. The van der Waals surface area contributed by atoms with Gasteiger partial charge in [-0.2, -0.15) is 13.2 Å². The van der Waals surface area contributed by atoms with Crippen molar-refractivity contribution in [2.45, 2.75) is 25.1 Å². The lowest BCUT2D eigenvalue weighted by Gasteiger charge is -2.22. The minimum atomic E-state index is -4.50. The zero-order valence-corrected chi connectivity index (χ0v) is 11.5. The van der Waals surface area contributed by atoms with Gasteiger partial charge in [0.25, 0.3) is 0 Å². The van der Waals surface area contributed by atoms with Crippen molar-refractivity contribution in [3.05, 3.63) is 45.6 Å². The second kappa shape index (κ2) is 5.54. The van der Waals surface area contributed by atoms with Gasteiger partial charge in [0, 0.05) is 4.47 Å². The van der Waals surface area contributed by atoms with Crippen LogP contribution in [0.3, 0.4) is 0 Å². The first kappa shape index (κ1) is 14.4. The van der Waals surface area contributed by atoms with Gasteiger partial charge in [0.2, 0.25) is 0 Å². The van der Waals surface area contributed by atoms with E-state index in [-0.39, 0.29) is 5.56 Å². The molecule has 0 bridgehead atoms. The molecule has 1 aliphatic heterocycles. The van der Waals surface area contributed by atoms with Crippen molar-refractivity contribution < 1.29 is 23.0 Å². The minimum Gasteiger partial charge on any atom is -0.501 e. The molecule has 6 heteroatoms. The summed E-state index contributed by atoms with van der Waals surface area (Å²) in [4.78, 5) is 0. The van der Waals surface area contributed by atoms with Gasteiger partial charge in [0.15, 0.2) is 0 Å². The van der Waals surface area contributed by atoms with Crippen molar-refractivity contribution in [2.24, 2.45) is 0 Å². The third-order valence-corrected chi connectivity index (χ3v) is 3.42. The van der Waals surface area contributed by atoms with E-state index in [9.17, 15) is 18.3 Å². The molecule has 2 nitrogen and oxygen atoms in total. The van der Waals surface area contributed by atoms with Crippen LogP contribution in [0.5, 0.6) is 0 Å². The standard InChI is InChI=1S/C13H12BrF3O2/c14-9-3-4-10(11(6-9)13(15,16)17)12(18)8-2-1-5-19-7-8/h3-4,6-7,12,18H,1-2,5H2. The molecule has 1 unspecified atom stereocenters. The van der Waals surface area contributed by atoms with Crippen LogP contribution in [0.1, 0.15) is 30.1 Å². The lowest BCUT2D eigenvalue weighted by molar-refractivity contribution is -0.139. The van der Waals surface area contributed by atoms with Crippen molar-refractivity contribution in [1.29, 1.82) is 0 Å². The topological polar surface area (TPSA) is 29.5 Å². The Kier molecular flexibility index (Phi) is 4.20. The highest BCUT2D eigenvalue weighted by Crippen LogP contribution is 2.39. The van der Waals surface area contributed by atoms with Crippen molar-refractivity contribution in [3.63, 3.8) is 0 Å².